The van der Waals surface area contributed by atoms with Gasteiger partial charge in [0.15, 0.2) is 0 Å². The van der Waals surface area contributed by atoms with Crippen LogP contribution in [0.15, 0.2) is 53.4 Å². The highest BCUT2D eigenvalue weighted by Crippen LogP contribution is 2.32. The number of benzene rings is 3. The summed E-state index contributed by atoms with van der Waals surface area (Å²) in [6, 6.07) is 10.0. The lowest BCUT2D eigenvalue weighted by atomic mass is 9.90. The summed E-state index contributed by atoms with van der Waals surface area (Å²) in [7, 11) is -5.45. The van der Waals surface area contributed by atoms with Crippen molar-refractivity contribution in [3.05, 3.63) is 76.6 Å². The van der Waals surface area contributed by atoms with Crippen LogP contribution in [0.2, 0.25) is 0 Å². The Labute approximate surface area is 169 Å². The zero-order valence-electron chi connectivity index (χ0n) is 15.6. The molecule has 1 N–H and O–H groups in total. The van der Waals surface area contributed by atoms with Crippen LogP contribution >= 0.6 is 0 Å². The SMILES string of the molecule is Cc1c(CC(=O)O)cc2ccc(F)cc2c1Cc1ccc(S(=O)(=O)C(F)(F)F)cc1. The Hall–Kier alpha value is -2.94. The topological polar surface area (TPSA) is 71.4 Å². The second-order valence-corrected chi connectivity index (χ2v) is 8.79. The first-order valence-corrected chi connectivity index (χ1v) is 10.2. The third kappa shape index (κ3) is 4.16. The first kappa shape index (κ1) is 21.8. The van der Waals surface area contributed by atoms with Crippen LogP contribution in [0.4, 0.5) is 17.6 Å². The summed E-state index contributed by atoms with van der Waals surface area (Å²) in [5.41, 5.74) is -3.12. The van der Waals surface area contributed by atoms with E-state index in [1.54, 1.807) is 13.0 Å². The monoisotopic (exact) mass is 440 g/mol. The predicted octanol–water partition coefficient (Wildman–Crippen LogP) is 4.80. The van der Waals surface area contributed by atoms with Crippen molar-refractivity contribution in [2.45, 2.75) is 30.2 Å². The number of rotatable bonds is 5. The summed E-state index contributed by atoms with van der Waals surface area (Å²) in [4.78, 5) is 10.3. The maximum atomic E-state index is 13.8. The highest BCUT2D eigenvalue weighted by molar-refractivity contribution is 7.92. The smallest absolute Gasteiger partial charge is 0.481 e. The minimum Gasteiger partial charge on any atom is -0.481 e. The molecule has 0 radical (unpaired) electrons. The van der Waals surface area contributed by atoms with Crippen molar-refractivity contribution >= 4 is 26.6 Å². The van der Waals surface area contributed by atoms with Gasteiger partial charge in [-0.2, -0.15) is 13.2 Å². The van der Waals surface area contributed by atoms with Gasteiger partial charge in [0.05, 0.1) is 11.3 Å². The Bertz CT molecular complexity index is 1230. The molecular weight excluding hydrogens is 424 g/mol. The number of hydrogen-bond donors (Lipinski definition) is 1. The normalized spacial score (nSPS) is 12.3. The Morgan fingerprint density at radius 3 is 2.23 bits per heavy atom. The Kier molecular flexibility index (Phi) is 5.60. The molecule has 0 aliphatic rings. The molecule has 0 heterocycles. The number of carboxylic acid groups (broad SMARTS) is 1. The van der Waals surface area contributed by atoms with Gasteiger partial charge in [0, 0.05) is 0 Å². The lowest BCUT2D eigenvalue weighted by Crippen LogP contribution is -2.23. The number of carboxylic acids is 1. The van der Waals surface area contributed by atoms with Crippen LogP contribution in [0.1, 0.15) is 22.3 Å². The van der Waals surface area contributed by atoms with E-state index in [4.69, 9.17) is 5.11 Å². The van der Waals surface area contributed by atoms with Gasteiger partial charge in [0.25, 0.3) is 9.84 Å². The van der Waals surface area contributed by atoms with Crippen molar-refractivity contribution < 1.29 is 35.9 Å². The average molecular weight is 440 g/mol. The molecule has 3 rings (SSSR count). The number of alkyl halides is 3. The average Bonchev–Trinajstić information content (AvgIpc) is 2.64. The third-order valence-corrected chi connectivity index (χ3v) is 6.37. The van der Waals surface area contributed by atoms with Gasteiger partial charge in [-0.1, -0.05) is 24.3 Å². The molecule has 3 aromatic carbocycles. The summed E-state index contributed by atoms with van der Waals surface area (Å²) < 4.78 is 75.0. The fraction of sp³-hybridized carbons (Fsp3) is 0.190. The molecule has 0 saturated heterocycles. The van der Waals surface area contributed by atoms with Crippen LogP contribution in [0.3, 0.4) is 0 Å². The molecule has 0 spiro atoms. The first-order chi connectivity index (χ1) is 13.9. The van der Waals surface area contributed by atoms with Gasteiger partial charge in [-0.25, -0.2) is 12.8 Å². The summed E-state index contributed by atoms with van der Waals surface area (Å²) in [5, 5.41) is 10.3. The first-order valence-electron chi connectivity index (χ1n) is 8.73. The van der Waals surface area contributed by atoms with Crippen molar-refractivity contribution in [2.75, 3.05) is 0 Å². The molecule has 158 valence electrons. The van der Waals surface area contributed by atoms with E-state index < -0.39 is 32.0 Å². The summed E-state index contributed by atoms with van der Waals surface area (Å²) in [6.07, 6.45) is -0.0828. The quantitative estimate of drug-likeness (QED) is 0.579. The second-order valence-electron chi connectivity index (χ2n) is 6.85. The van der Waals surface area contributed by atoms with Gasteiger partial charge >= 0.3 is 11.5 Å². The van der Waals surface area contributed by atoms with E-state index in [-0.39, 0.29) is 12.8 Å². The zero-order chi connectivity index (χ0) is 22.3. The van der Waals surface area contributed by atoms with Crippen LogP contribution < -0.4 is 0 Å². The molecule has 0 fully saturated rings. The molecule has 30 heavy (non-hydrogen) atoms. The van der Waals surface area contributed by atoms with Crippen molar-refractivity contribution in [3.63, 3.8) is 0 Å². The van der Waals surface area contributed by atoms with E-state index in [1.807, 2.05) is 0 Å². The van der Waals surface area contributed by atoms with E-state index >= 15 is 0 Å². The lowest BCUT2D eigenvalue weighted by molar-refractivity contribution is -0.136. The molecule has 0 atom stereocenters. The fourth-order valence-electron chi connectivity index (χ4n) is 3.31. The highest BCUT2D eigenvalue weighted by Gasteiger charge is 2.46. The Morgan fingerprint density at radius 1 is 1.03 bits per heavy atom. The van der Waals surface area contributed by atoms with Gasteiger partial charge in [0.1, 0.15) is 5.82 Å². The van der Waals surface area contributed by atoms with Gasteiger partial charge in [-0.05, 0) is 70.6 Å². The van der Waals surface area contributed by atoms with E-state index in [2.05, 4.69) is 0 Å². The molecule has 0 saturated carbocycles. The molecule has 0 aliphatic carbocycles. The number of carbonyl (C=O) groups is 1. The number of hydrogen-bond acceptors (Lipinski definition) is 3. The number of aliphatic carboxylic acids is 1. The molecule has 9 heteroatoms. The number of halogens is 4. The summed E-state index contributed by atoms with van der Waals surface area (Å²) >= 11 is 0. The summed E-state index contributed by atoms with van der Waals surface area (Å²) in [5.74, 6) is -1.52. The third-order valence-electron chi connectivity index (χ3n) is 4.87. The van der Waals surface area contributed by atoms with E-state index in [1.165, 1.54) is 30.3 Å². The predicted molar refractivity (Wildman–Crippen MR) is 102 cm³/mol. The van der Waals surface area contributed by atoms with Crippen molar-refractivity contribution in [2.24, 2.45) is 0 Å². The van der Waals surface area contributed by atoms with Crippen molar-refractivity contribution in [1.82, 2.24) is 0 Å². The van der Waals surface area contributed by atoms with Crippen molar-refractivity contribution in [3.8, 4) is 0 Å². The number of sulfone groups is 1. The van der Waals surface area contributed by atoms with Crippen LogP contribution in [0, 0.1) is 12.7 Å². The number of fused-ring (bicyclic) bond motifs is 1. The minimum atomic E-state index is -5.45. The van der Waals surface area contributed by atoms with Crippen LogP contribution in [0.5, 0.6) is 0 Å². The van der Waals surface area contributed by atoms with Crippen LogP contribution in [0.25, 0.3) is 10.8 Å². The largest absolute Gasteiger partial charge is 0.501 e. The van der Waals surface area contributed by atoms with Crippen LogP contribution in [-0.2, 0) is 27.5 Å². The van der Waals surface area contributed by atoms with Crippen LogP contribution in [-0.4, -0.2) is 25.0 Å². The fourth-order valence-corrected chi connectivity index (χ4v) is 4.07. The second kappa shape index (κ2) is 7.71. The highest BCUT2D eigenvalue weighted by atomic mass is 32.2. The molecule has 0 aliphatic heterocycles. The Balaban J connectivity index is 2.08. The molecule has 0 aromatic heterocycles. The van der Waals surface area contributed by atoms with Gasteiger partial charge in [-0.15, -0.1) is 0 Å². The molecule has 4 nitrogen and oxygen atoms in total. The van der Waals surface area contributed by atoms with Gasteiger partial charge < -0.3 is 5.11 Å². The molecule has 3 aromatic rings. The molecular formula is C21H16F4O4S. The molecule has 0 amide bonds. The van der Waals surface area contributed by atoms with E-state index in [0.29, 0.717) is 33.0 Å². The molecule has 0 bridgehead atoms. The van der Waals surface area contributed by atoms with Gasteiger partial charge in [0.2, 0.25) is 0 Å². The maximum Gasteiger partial charge on any atom is 0.501 e. The van der Waals surface area contributed by atoms with E-state index in [9.17, 15) is 30.8 Å². The van der Waals surface area contributed by atoms with Gasteiger partial charge in [-0.3, -0.25) is 4.79 Å². The summed E-state index contributed by atoms with van der Waals surface area (Å²) in [6.45, 7) is 1.69. The lowest BCUT2D eigenvalue weighted by Gasteiger charge is -2.15. The van der Waals surface area contributed by atoms with Crippen molar-refractivity contribution in [1.29, 1.82) is 0 Å². The Morgan fingerprint density at radius 2 is 1.67 bits per heavy atom. The minimum absolute atomic E-state index is 0.158. The zero-order valence-corrected chi connectivity index (χ0v) is 16.4. The molecule has 0 unspecified atom stereocenters. The maximum absolute atomic E-state index is 13.8. The standard InChI is InChI=1S/C21H16F4O4S/c1-12-15(10-20(26)27)9-14-4-5-16(22)11-19(14)18(12)8-13-2-6-17(7-3-13)30(28,29)21(23,24)25/h2-7,9,11H,8,10H2,1H3,(H,26,27). The van der Waals surface area contributed by atoms with E-state index in [0.717, 1.165) is 12.1 Å².